The lowest BCUT2D eigenvalue weighted by molar-refractivity contribution is 0.330. The summed E-state index contributed by atoms with van der Waals surface area (Å²) in [5.74, 6) is 0.490. The van der Waals surface area contributed by atoms with Gasteiger partial charge in [-0.1, -0.05) is 48.9 Å². The Morgan fingerprint density at radius 2 is 2.00 bits per heavy atom. The highest BCUT2D eigenvalue weighted by molar-refractivity contribution is 5.16. The third kappa shape index (κ3) is 3.75. The van der Waals surface area contributed by atoms with Crippen molar-refractivity contribution in [2.24, 2.45) is 5.92 Å². The van der Waals surface area contributed by atoms with Gasteiger partial charge in [-0.2, -0.15) is 0 Å². The van der Waals surface area contributed by atoms with Crippen molar-refractivity contribution in [2.45, 2.75) is 20.3 Å². The number of hydrogen-bond acceptors (Lipinski definition) is 1. The molecule has 1 aromatic rings. The second-order valence-electron chi connectivity index (χ2n) is 3.84. The smallest absolute Gasteiger partial charge is 0.0639 e. The first-order valence-electron chi connectivity index (χ1n) is 5.04. The van der Waals surface area contributed by atoms with Gasteiger partial charge in [-0.25, -0.2) is 0 Å². The highest BCUT2D eigenvalue weighted by Crippen LogP contribution is 2.10. The highest BCUT2D eigenvalue weighted by Gasteiger charge is 2.00. The van der Waals surface area contributed by atoms with Crippen molar-refractivity contribution in [2.75, 3.05) is 6.61 Å². The van der Waals surface area contributed by atoms with Crippen LogP contribution >= 0.6 is 0 Å². The zero-order valence-electron chi connectivity index (χ0n) is 8.90. The van der Waals surface area contributed by atoms with Crippen molar-refractivity contribution >= 4 is 0 Å². The van der Waals surface area contributed by atoms with Gasteiger partial charge in [0, 0.05) is 0 Å². The van der Waals surface area contributed by atoms with Crippen LogP contribution in [0.3, 0.4) is 0 Å². The fourth-order valence-electron chi connectivity index (χ4n) is 1.58. The molecule has 0 amide bonds. The molecule has 0 aliphatic rings. The first-order valence-corrected chi connectivity index (χ1v) is 5.04. The summed E-state index contributed by atoms with van der Waals surface area (Å²) in [6.45, 7) is 4.30. The zero-order valence-corrected chi connectivity index (χ0v) is 8.90. The topological polar surface area (TPSA) is 20.2 Å². The van der Waals surface area contributed by atoms with Gasteiger partial charge >= 0.3 is 0 Å². The number of rotatable bonds is 4. The lowest BCUT2D eigenvalue weighted by Crippen LogP contribution is -1.98. The summed E-state index contributed by atoms with van der Waals surface area (Å²) in [4.78, 5) is 0. The molecule has 0 radical (unpaired) electrons. The van der Waals surface area contributed by atoms with Crippen molar-refractivity contribution < 1.29 is 5.11 Å². The van der Waals surface area contributed by atoms with Crippen LogP contribution in [-0.2, 0) is 6.42 Å². The molecule has 1 atom stereocenters. The molecule has 0 saturated carbocycles. The summed E-state index contributed by atoms with van der Waals surface area (Å²) in [5, 5.41) is 8.88. The van der Waals surface area contributed by atoms with E-state index in [0.717, 1.165) is 12.0 Å². The van der Waals surface area contributed by atoms with Crippen LogP contribution in [0.1, 0.15) is 19.4 Å². The second-order valence-corrected chi connectivity index (χ2v) is 3.84. The molecule has 0 fully saturated rings. The molecule has 0 heterocycles. The first-order chi connectivity index (χ1) is 6.72. The van der Waals surface area contributed by atoms with Gasteiger partial charge in [0.25, 0.3) is 0 Å². The fourth-order valence-corrected chi connectivity index (χ4v) is 1.58. The van der Waals surface area contributed by atoms with Gasteiger partial charge in [0.2, 0.25) is 0 Å². The van der Waals surface area contributed by atoms with Crippen LogP contribution in [0.4, 0.5) is 0 Å². The van der Waals surface area contributed by atoms with E-state index in [-0.39, 0.29) is 6.61 Å². The van der Waals surface area contributed by atoms with Crippen molar-refractivity contribution in [1.29, 1.82) is 0 Å². The van der Waals surface area contributed by atoms with Gasteiger partial charge in [0.05, 0.1) is 6.61 Å². The maximum Gasteiger partial charge on any atom is 0.0639 e. The summed E-state index contributed by atoms with van der Waals surface area (Å²) in [7, 11) is 0. The third-order valence-corrected chi connectivity index (χ3v) is 2.22. The van der Waals surface area contributed by atoms with E-state index in [4.69, 9.17) is 5.11 Å². The van der Waals surface area contributed by atoms with Gasteiger partial charge in [-0.3, -0.25) is 0 Å². The minimum Gasteiger partial charge on any atom is -0.392 e. The summed E-state index contributed by atoms with van der Waals surface area (Å²) >= 11 is 0. The molecule has 1 rings (SSSR count). The van der Waals surface area contributed by atoms with Crippen LogP contribution in [0.25, 0.3) is 0 Å². The summed E-state index contributed by atoms with van der Waals surface area (Å²) < 4.78 is 0. The first kappa shape index (κ1) is 11.0. The van der Waals surface area contributed by atoms with E-state index in [9.17, 15) is 0 Å². The monoisotopic (exact) mass is 190 g/mol. The lowest BCUT2D eigenvalue weighted by atomic mass is 9.99. The lowest BCUT2D eigenvalue weighted by Gasteiger charge is -2.07. The van der Waals surface area contributed by atoms with Gasteiger partial charge < -0.3 is 5.11 Å². The Morgan fingerprint density at radius 3 is 2.57 bits per heavy atom. The van der Waals surface area contributed by atoms with Crippen molar-refractivity contribution in [3.63, 3.8) is 0 Å². The maximum atomic E-state index is 8.88. The predicted octanol–water partition coefficient (Wildman–Crippen LogP) is 2.80. The number of benzene rings is 1. The normalized spacial score (nSPS) is 14.1. The van der Waals surface area contributed by atoms with Crippen LogP contribution in [-0.4, -0.2) is 11.7 Å². The Bertz CT molecular complexity index is 287. The summed E-state index contributed by atoms with van der Waals surface area (Å²) in [5.41, 5.74) is 2.40. The quantitative estimate of drug-likeness (QED) is 0.724. The maximum absolute atomic E-state index is 8.88. The molecule has 0 aliphatic carbocycles. The predicted molar refractivity (Wildman–Crippen MR) is 60.2 cm³/mol. The molecule has 1 aromatic carbocycles. The molecule has 0 saturated heterocycles. The molecule has 14 heavy (non-hydrogen) atoms. The molecule has 76 valence electrons. The molecule has 0 spiro atoms. The molecule has 1 N–H and O–H groups in total. The van der Waals surface area contributed by atoms with E-state index in [1.54, 1.807) is 0 Å². The average molecular weight is 190 g/mol. The van der Waals surface area contributed by atoms with Crippen molar-refractivity contribution in [1.82, 2.24) is 0 Å². The number of hydrogen-bond donors (Lipinski definition) is 1. The Kier molecular flexibility index (Phi) is 4.41. The second kappa shape index (κ2) is 5.61. The van der Waals surface area contributed by atoms with Crippen LogP contribution in [0, 0.1) is 5.92 Å². The SMILES string of the molecule is C/C(=C\[C@H](C)Cc1ccccc1)CO. The number of aliphatic hydroxyl groups excluding tert-OH is 1. The Balaban J connectivity index is 2.53. The Labute approximate surface area is 86.1 Å². The minimum absolute atomic E-state index is 0.166. The minimum atomic E-state index is 0.166. The number of aliphatic hydroxyl groups is 1. The fraction of sp³-hybridized carbons (Fsp3) is 0.385. The van der Waals surface area contributed by atoms with Gasteiger partial charge in [0.15, 0.2) is 0 Å². The highest BCUT2D eigenvalue weighted by atomic mass is 16.3. The van der Waals surface area contributed by atoms with Crippen LogP contribution in [0.2, 0.25) is 0 Å². The molecule has 1 heteroatoms. The Morgan fingerprint density at radius 1 is 1.36 bits per heavy atom. The zero-order chi connectivity index (χ0) is 10.4. The number of allylic oxidation sites excluding steroid dienone is 1. The van der Waals surface area contributed by atoms with Gasteiger partial charge in [-0.15, -0.1) is 0 Å². The van der Waals surface area contributed by atoms with E-state index >= 15 is 0 Å². The van der Waals surface area contributed by atoms with Gasteiger partial charge in [-0.05, 0) is 24.8 Å². The van der Waals surface area contributed by atoms with Crippen molar-refractivity contribution in [3.05, 3.63) is 47.5 Å². The Hall–Kier alpha value is -1.08. The summed E-state index contributed by atoms with van der Waals surface area (Å²) in [6, 6.07) is 10.4. The molecule has 0 aromatic heterocycles. The molecule has 0 unspecified atom stereocenters. The molecule has 0 aliphatic heterocycles. The molecular formula is C13H18O. The van der Waals surface area contributed by atoms with E-state index in [0.29, 0.717) is 5.92 Å². The molecule has 0 bridgehead atoms. The van der Waals surface area contributed by atoms with E-state index < -0.39 is 0 Å². The largest absolute Gasteiger partial charge is 0.392 e. The van der Waals surface area contributed by atoms with Crippen LogP contribution in [0.5, 0.6) is 0 Å². The average Bonchev–Trinajstić information content (AvgIpc) is 2.19. The van der Waals surface area contributed by atoms with Crippen LogP contribution in [0.15, 0.2) is 42.0 Å². The van der Waals surface area contributed by atoms with Crippen LogP contribution < -0.4 is 0 Å². The van der Waals surface area contributed by atoms with E-state index in [1.807, 2.05) is 13.0 Å². The molecule has 1 nitrogen and oxygen atoms in total. The van der Waals surface area contributed by atoms with Gasteiger partial charge in [0.1, 0.15) is 0 Å². The summed E-state index contributed by atoms with van der Waals surface area (Å²) in [6.07, 6.45) is 3.17. The molecular weight excluding hydrogens is 172 g/mol. The van der Waals surface area contributed by atoms with E-state index in [2.05, 4.69) is 37.3 Å². The van der Waals surface area contributed by atoms with E-state index in [1.165, 1.54) is 5.56 Å². The third-order valence-electron chi connectivity index (χ3n) is 2.22. The standard InChI is InChI=1S/C13H18O/c1-11(8-12(2)10-14)9-13-6-4-3-5-7-13/h3-8,11,14H,9-10H2,1-2H3/b12-8+/t11-/m0/s1. The van der Waals surface area contributed by atoms with Crippen molar-refractivity contribution in [3.8, 4) is 0 Å².